The third kappa shape index (κ3) is 3.88. The summed E-state index contributed by atoms with van der Waals surface area (Å²) in [6.07, 6.45) is 7.59. The van der Waals surface area contributed by atoms with Crippen molar-refractivity contribution in [2.45, 2.75) is 43.1 Å². The van der Waals surface area contributed by atoms with E-state index in [0.29, 0.717) is 19.5 Å². The number of rotatable bonds is 5. The smallest absolute Gasteiger partial charge is 0.143 e. The molecule has 0 radical (unpaired) electrons. The van der Waals surface area contributed by atoms with Crippen LogP contribution in [0.15, 0.2) is 40.9 Å². The zero-order valence-corrected chi connectivity index (χ0v) is 20.4. The van der Waals surface area contributed by atoms with Crippen LogP contribution in [0.5, 0.6) is 0 Å². The molecule has 0 saturated carbocycles. The molecule has 5 heterocycles. The normalized spacial score (nSPS) is 33.3. The van der Waals surface area contributed by atoms with E-state index in [1.54, 1.807) is 7.11 Å². The number of benzene rings is 1. The quantitative estimate of drug-likeness (QED) is 0.601. The SMILES string of the molecule is C#CC1N2CCC(CC2)[C@@]1(O)c1cc(Br)c(N2C[C@@H](O)[C@H](OC)C2)nc1Cc1ccccc1. The van der Waals surface area contributed by atoms with Crippen LogP contribution in [0.2, 0.25) is 0 Å². The molecule has 4 saturated heterocycles. The predicted octanol–water partition coefficient (Wildman–Crippen LogP) is 2.55. The summed E-state index contributed by atoms with van der Waals surface area (Å²) in [7, 11) is 1.62. The number of pyridine rings is 1. The lowest BCUT2D eigenvalue weighted by Crippen LogP contribution is -2.63. The lowest BCUT2D eigenvalue weighted by atomic mass is 9.66. The molecule has 1 aromatic heterocycles. The van der Waals surface area contributed by atoms with Crippen molar-refractivity contribution in [2.75, 3.05) is 38.2 Å². The fourth-order valence-electron chi connectivity index (χ4n) is 5.87. The number of β-amino-alcohol motifs (C(OH)–C–C–N with tert-alkyl or cyclic N) is 1. The average Bonchev–Trinajstić information content (AvgIpc) is 3.21. The van der Waals surface area contributed by atoms with E-state index in [1.165, 1.54) is 0 Å². The van der Waals surface area contributed by atoms with Gasteiger partial charge in [0.25, 0.3) is 0 Å². The number of terminal acetylenes is 1. The van der Waals surface area contributed by atoms with E-state index in [1.807, 2.05) is 29.2 Å². The number of nitrogens with zero attached hydrogens (tertiary/aromatic N) is 3. The van der Waals surface area contributed by atoms with Gasteiger partial charge in [-0.05, 0) is 59.4 Å². The second kappa shape index (κ2) is 9.01. The van der Waals surface area contributed by atoms with E-state index >= 15 is 0 Å². The molecule has 2 N–H and O–H groups in total. The molecule has 174 valence electrons. The summed E-state index contributed by atoms with van der Waals surface area (Å²) < 4.78 is 6.23. The van der Waals surface area contributed by atoms with Crippen molar-refractivity contribution in [3.05, 3.63) is 57.7 Å². The maximum atomic E-state index is 12.2. The zero-order valence-electron chi connectivity index (χ0n) is 18.8. The Balaban J connectivity index is 1.62. The highest BCUT2D eigenvalue weighted by Crippen LogP contribution is 2.49. The van der Waals surface area contributed by atoms with Gasteiger partial charge in [0.15, 0.2) is 0 Å². The van der Waals surface area contributed by atoms with Gasteiger partial charge in [0.1, 0.15) is 23.6 Å². The average molecular weight is 512 g/mol. The van der Waals surface area contributed by atoms with E-state index in [0.717, 1.165) is 53.0 Å². The second-order valence-electron chi connectivity index (χ2n) is 9.40. The summed E-state index contributed by atoms with van der Waals surface area (Å²) in [5.41, 5.74) is 1.61. The van der Waals surface area contributed by atoms with Crippen LogP contribution in [-0.4, -0.2) is 71.6 Å². The number of hydrogen-bond acceptors (Lipinski definition) is 6. The third-order valence-corrected chi connectivity index (χ3v) is 8.20. The first kappa shape index (κ1) is 22.8. The Hall–Kier alpha value is -1.95. The van der Waals surface area contributed by atoms with Gasteiger partial charge >= 0.3 is 0 Å². The van der Waals surface area contributed by atoms with Crippen molar-refractivity contribution in [1.82, 2.24) is 9.88 Å². The van der Waals surface area contributed by atoms with Gasteiger partial charge in [0, 0.05) is 32.2 Å². The molecule has 1 aromatic carbocycles. The Kier molecular flexibility index (Phi) is 6.23. The maximum absolute atomic E-state index is 12.2. The molecule has 6 rings (SSSR count). The summed E-state index contributed by atoms with van der Waals surface area (Å²) in [6, 6.07) is 11.8. The number of halogens is 1. The van der Waals surface area contributed by atoms with Gasteiger partial charge < -0.3 is 19.8 Å². The van der Waals surface area contributed by atoms with Crippen LogP contribution < -0.4 is 4.90 Å². The molecule has 4 atom stereocenters. The molecule has 2 aromatic rings. The van der Waals surface area contributed by atoms with E-state index in [4.69, 9.17) is 16.1 Å². The Morgan fingerprint density at radius 1 is 1.24 bits per heavy atom. The van der Waals surface area contributed by atoms with Gasteiger partial charge in [-0.1, -0.05) is 36.3 Å². The standard InChI is InChI=1S/C26H30BrN3O3/c1-3-24-26(32,18-9-11-29(24)12-10-18)19-14-20(27)25(30-15-22(31)23(16-30)33-2)28-21(19)13-17-7-5-4-6-8-17/h1,4-8,14,18,22-24,31-32H,9-13,15-16H2,2H3/t22-,23-,24?,26-/m1/s1. The highest BCUT2D eigenvalue weighted by atomic mass is 79.9. The molecule has 33 heavy (non-hydrogen) atoms. The fourth-order valence-corrected chi connectivity index (χ4v) is 6.44. The van der Waals surface area contributed by atoms with Gasteiger partial charge in [-0.2, -0.15) is 0 Å². The summed E-state index contributed by atoms with van der Waals surface area (Å²) >= 11 is 3.72. The van der Waals surface area contributed by atoms with Crippen molar-refractivity contribution < 1.29 is 14.9 Å². The molecular formula is C26H30BrN3O3. The molecule has 4 aliphatic heterocycles. The minimum Gasteiger partial charge on any atom is -0.388 e. The van der Waals surface area contributed by atoms with E-state index < -0.39 is 11.7 Å². The summed E-state index contributed by atoms with van der Waals surface area (Å²) in [5.74, 6) is 3.75. The van der Waals surface area contributed by atoms with Crippen molar-refractivity contribution in [3.63, 3.8) is 0 Å². The van der Waals surface area contributed by atoms with Crippen LogP contribution in [0.4, 0.5) is 5.82 Å². The lowest BCUT2D eigenvalue weighted by Gasteiger charge is -2.54. The lowest BCUT2D eigenvalue weighted by molar-refractivity contribution is -0.143. The summed E-state index contributed by atoms with van der Waals surface area (Å²) in [6.45, 7) is 2.85. The van der Waals surface area contributed by atoms with Gasteiger partial charge in [0.2, 0.25) is 0 Å². The number of aliphatic hydroxyl groups excluding tert-OH is 1. The van der Waals surface area contributed by atoms with Crippen LogP contribution in [0, 0.1) is 18.3 Å². The van der Waals surface area contributed by atoms with Crippen molar-refractivity contribution in [3.8, 4) is 12.3 Å². The molecule has 0 spiro atoms. The molecule has 4 aliphatic rings. The Morgan fingerprint density at radius 2 is 1.97 bits per heavy atom. The molecule has 6 nitrogen and oxygen atoms in total. The molecule has 4 fully saturated rings. The third-order valence-electron chi connectivity index (χ3n) is 7.61. The van der Waals surface area contributed by atoms with Crippen molar-refractivity contribution in [1.29, 1.82) is 0 Å². The van der Waals surface area contributed by atoms with Crippen LogP contribution in [-0.2, 0) is 16.8 Å². The van der Waals surface area contributed by atoms with Gasteiger partial charge in [-0.15, -0.1) is 6.42 Å². The van der Waals surface area contributed by atoms with Crippen LogP contribution in [0.1, 0.15) is 29.7 Å². The van der Waals surface area contributed by atoms with Gasteiger partial charge in [0.05, 0.1) is 16.3 Å². The maximum Gasteiger partial charge on any atom is 0.143 e. The fraction of sp³-hybridized carbons (Fsp3) is 0.500. The molecule has 2 bridgehead atoms. The first-order valence-corrected chi connectivity index (χ1v) is 12.4. The number of piperidine rings is 3. The predicted molar refractivity (Wildman–Crippen MR) is 131 cm³/mol. The van der Waals surface area contributed by atoms with Gasteiger partial charge in [-0.25, -0.2) is 4.98 Å². The second-order valence-corrected chi connectivity index (χ2v) is 10.3. The van der Waals surface area contributed by atoms with Crippen molar-refractivity contribution in [2.24, 2.45) is 5.92 Å². The summed E-state index contributed by atoms with van der Waals surface area (Å²) in [5, 5.41) is 22.6. The minimum atomic E-state index is -1.15. The highest BCUT2D eigenvalue weighted by Gasteiger charge is 2.54. The number of fused-ring (bicyclic) bond motifs is 3. The van der Waals surface area contributed by atoms with Crippen molar-refractivity contribution >= 4 is 21.7 Å². The number of aromatic nitrogens is 1. The van der Waals surface area contributed by atoms with E-state index in [2.05, 4.69) is 38.9 Å². The topological polar surface area (TPSA) is 69.1 Å². The summed E-state index contributed by atoms with van der Waals surface area (Å²) in [4.78, 5) is 9.36. The Labute approximate surface area is 203 Å². The molecule has 0 amide bonds. The highest BCUT2D eigenvalue weighted by molar-refractivity contribution is 9.10. The van der Waals surface area contributed by atoms with E-state index in [9.17, 15) is 10.2 Å². The van der Waals surface area contributed by atoms with Crippen LogP contribution in [0.25, 0.3) is 0 Å². The minimum absolute atomic E-state index is 0.101. The molecule has 0 aliphatic carbocycles. The largest absolute Gasteiger partial charge is 0.388 e. The molecule has 7 heteroatoms. The zero-order chi connectivity index (χ0) is 23.2. The number of hydrogen-bond donors (Lipinski definition) is 2. The first-order valence-electron chi connectivity index (χ1n) is 11.6. The first-order chi connectivity index (χ1) is 16.0. The Bertz CT molecular complexity index is 1050. The van der Waals surface area contributed by atoms with Gasteiger partial charge in [-0.3, -0.25) is 4.90 Å². The van der Waals surface area contributed by atoms with Crippen LogP contribution >= 0.6 is 15.9 Å². The number of aliphatic hydroxyl groups is 2. The van der Waals surface area contributed by atoms with E-state index in [-0.39, 0.29) is 18.1 Å². The number of anilines is 1. The number of ether oxygens (including phenoxy) is 1. The monoisotopic (exact) mass is 511 g/mol. The Morgan fingerprint density at radius 3 is 2.61 bits per heavy atom. The number of methoxy groups -OCH3 is 1. The molecular weight excluding hydrogens is 482 g/mol. The van der Waals surface area contributed by atoms with Crippen LogP contribution in [0.3, 0.4) is 0 Å². The molecule has 1 unspecified atom stereocenters.